The van der Waals surface area contributed by atoms with Crippen molar-refractivity contribution in [3.8, 4) is 28.3 Å². The van der Waals surface area contributed by atoms with Crippen LogP contribution in [0, 0.1) is 0 Å². The number of ether oxygens (including phenoxy) is 2. The maximum Gasteiger partial charge on any atom is 0.305 e. The normalized spacial score (nSPS) is 11.7. The number of nitrogens with one attached hydrogen (secondary N) is 2. The zero-order chi connectivity index (χ0) is 27.5. The lowest BCUT2D eigenvalue weighted by atomic mass is 9.91. The summed E-state index contributed by atoms with van der Waals surface area (Å²) in [7, 11) is 0. The lowest BCUT2D eigenvalue weighted by molar-refractivity contribution is -0.143. The quantitative estimate of drug-likeness (QED) is 0.142. The van der Waals surface area contributed by atoms with E-state index in [1.165, 1.54) is 10.9 Å². The van der Waals surface area contributed by atoms with E-state index in [1.807, 2.05) is 13.1 Å². The van der Waals surface area contributed by atoms with Crippen molar-refractivity contribution < 1.29 is 14.3 Å². The van der Waals surface area contributed by atoms with Gasteiger partial charge in [-0.15, -0.1) is 0 Å². The highest BCUT2D eigenvalue weighted by molar-refractivity contribution is 5.89. The Morgan fingerprint density at radius 2 is 1.59 bits per heavy atom. The monoisotopic (exact) mass is 523 g/mol. The molecule has 0 bridgehead atoms. The number of esters is 1. The molecule has 0 saturated carbocycles. The molecule has 0 radical (unpaired) electrons. The zero-order valence-electron chi connectivity index (χ0n) is 23.4. The summed E-state index contributed by atoms with van der Waals surface area (Å²) in [5.74, 6) is 2.12. The largest absolute Gasteiger partial charge is 0.493 e. The molecule has 0 saturated heterocycles. The molecule has 5 aromatic rings. The minimum absolute atomic E-state index is 0.178. The Morgan fingerprint density at radius 1 is 0.872 bits per heavy atom. The van der Waals surface area contributed by atoms with Gasteiger partial charge < -0.3 is 19.4 Å². The Labute approximate surface area is 229 Å². The summed E-state index contributed by atoms with van der Waals surface area (Å²) in [6, 6.07) is 19.3. The first-order valence-corrected chi connectivity index (χ1v) is 13.9. The van der Waals surface area contributed by atoms with E-state index in [0.717, 1.165) is 50.4 Å². The Kier molecular flexibility index (Phi) is 7.73. The molecule has 2 aromatic heterocycles. The van der Waals surface area contributed by atoms with Gasteiger partial charge in [0.1, 0.15) is 11.6 Å². The lowest BCUT2D eigenvalue weighted by Crippen LogP contribution is -2.09. The molecule has 6 nitrogen and oxygen atoms in total. The summed E-state index contributed by atoms with van der Waals surface area (Å²) in [6.45, 7) is 11.4. The molecule has 0 aliphatic carbocycles. The molecule has 39 heavy (non-hydrogen) atoms. The number of nitrogens with zero attached hydrogens (tertiary/aromatic N) is 1. The number of fused-ring (bicyclic) bond motifs is 2. The number of carbonyl (C=O) groups excluding carboxylic acids is 1. The van der Waals surface area contributed by atoms with Gasteiger partial charge in [-0.25, -0.2) is 4.98 Å². The number of rotatable bonds is 10. The molecule has 0 fully saturated rings. The first-order valence-electron chi connectivity index (χ1n) is 13.9. The predicted molar refractivity (Wildman–Crippen MR) is 158 cm³/mol. The van der Waals surface area contributed by atoms with Crippen molar-refractivity contribution in [1.82, 2.24) is 15.0 Å². The first-order chi connectivity index (χ1) is 18.8. The van der Waals surface area contributed by atoms with Gasteiger partial charge in [-0.2, -0.15) is 0 Å². The molecule has 0 aliphatic rings. The van der Waals surface area contributed by atoms with E-state index in [1.54, 1.807) is 0 Å². The second-order valence-electron chi connectivity index (χ2n) is 10.6. The summed E-state index contributed by atoms with van der Waals surface area (Å²) < 4.78 is 11.4. The molecule has 0 amide bonds. The van der Waals surface area contributed by atoms with Crippen LogP contribution in [0.5, 0.6) is 5.75 Å². The molecule has 0 aliphatic heterocycles. The Bertz CT molecular complexity index is 1580. The number of aromatic nitrogens is 3. The lowest BCUT2D eigenvalue weighted by Gasteiger charge is -2.21. The van der Waals surface area contributed by atoms with E-state index in [0.29, 0.717) is 26.1 Å². The SMILES string of the molecule is CCOC(=O)CCCOc1c(C(C)C)cc(-c2nc3ccc(-c4ccc5[nH]ccc5c4)cc3[nH]2)cc1C(C)C. The summed E-state index contributed by atoms with van der Waals surface area (Å²) >= 11 is 0. The van der Waals surface area contributed by atoms with Crippen LogP contribution in [-0.4, -0.2) is 34.1 Å². The summed E-state index contributed by atoms with van der Waals surface area (Å²) in [5, 5.41) is 1.20. The van der Waals surface area contributed by atoms with Crippen LogP contribution in [0.25, 0.3) is 44.5 Å². The second-order valence-corrected chi connectivity index (χ2v) is 10.6. The van der Waals surface area contributed by atoms with Gasteiger partial charge in [0.25, 0.3) is 0 Å². The van der Waals surface area contributed by atoms with E-state index < -0.39 is 0 Å². The maximum atomic E-state index is 11.7. The smallest absolute Gasteiger partial charge is 0.305 e. The molecule has 5 rings (SSSR count). The fourth-order valence-corrected chi connectivity index (χ4v) is 5.02. The molecular formula is C33H37N3O3. The Hall–Kier alpha value is -4.06. The fraction of sp³-hybridized carbons (Fsp3) is 0.333. The van der Waals surface area contributed by atoms with Crippen LogP contribution in [0.4, 0.5) is 0 Å². The zero-order valence-corrected chi connectivity index (χ0v) is 23.4. The van der Waals surface area contributed by atoms with Crippen molar-refractivity contribution in [3.05, 3.63) is 71.9 Å². The molecule has 2 N–H and O–H groups in total. The van der Waals surface area contributed by atoms with Crippen LogP contribution in [0.1, 0.15) is 70.4 Å². The second kappa shape index (κ2) is 11.4. The van der Waals surface area contributed by atoms with Crippen LogP contribution in [0.15, 0.2) is 60.8 Å². The number of hydrogen-bond donors (Lipinski definition) is 2. The summed E-state index contributed by atoms with van der Waals surface area (Å²) in [5.41, 5.74) is 8.75. The van der Waals surface area contributed by atoms with E-state index in [4.69, 9.17) is 14.5 Å². The van der Waals surface area contributed by atoms with Crippen LogP contribution in [0.3, 0.4) is 0 Å². The fourth-order valence-electron chi connectivity index (χ4n) is 5.02. The van der Waals surface area contributed by atoms with Crippen molar-refractivity contribution in [2.45, 2.75) is 59.3 Å². The van der Waals surface area contributed by atoms with Gasteiger partial charge in [0.05, 0.1) is 24.2 Å². The van der Waals surface area contributed by atoms with Crippen molar-refractivity contribution >= 4 is 27.9 Å². The molecular weight excluding hydrogens is 486 g/mol. The standard InChI is InChI=1S/C33H37N3O3/c1-6-38-31(37)8-7-15-39-32-26(20(2)3)17-25(18-27(32)21(4)5)33-35-29-12-10-23(19-30(29)36-33)22-9-11-28-24(16-22)13-14-34-28/h9-14,16-21,34H,6-8,15H2,1-5H3,(H,35,36). The van der Waals surface area contributed by atoms with Crippen molar-refractivity contribution in [3.63, 3.8) is 0 Å². The maximum absolute atomic E-state index is 11.7. The van der Waals surface area contributed by atoms with E-state index >= 15 is 0 Å². The molecule has 6 heteroatoms. The molecule has 0 spiro atoms. The van der Waals surface area contributed by atoms with Gasteiger partial charge >= 0.3 is 5.97 Å². The van der Waals surface area contributed by atoms with Gasteiger partial charge in [-0.1, -0.05) is 39.8 Å². The molecule has 0 atom stereocenters. The highest BCUT2D eigenvalue weighted by Gasteiger charge is 2.20. The number of carbonyl (C=O) groups is 1. The van der Waals surface area contributed by atoms with Crippen LogP contribution in [-0.2, 0) is 9.53 Å². The Morgan fingerprint density at radius 3 is 2.31 bits per heavy atom. The van der Waals surface area contributed by atoms with Crippen molar-refractivity contribution in [2.24, 2.45) is 0 Å². The predicted octanol–water partition coefficient (Wildman–Crippen LogP) is 8.35. The molecule has 3 aromatic carbocycles. The van der Waals surface area contributed by atoms with Crippen LogP contribution < -0.4 is 4.74 Å². The summed E-state index contributed by atoms with van der Waals surface area (Å²) in [6.07, 6.45) is 2.95. The van der Waals surface area contributed by atoms with Crippen molar-refractivity contribution in [2.75, 3.05) is 13.2 Å². The topological polar surface area (TPSA) is 80.0 Å². The summed E-state index contributed by atoms with van der Waals surface area (Å²) in [4.78, 5) is 23.5. The van der Waals surface area contributed by atoms with Gasteiger partial charge in [-0.3, -0.25) is 4.79 Å². The molecule has 2 heterocycles. The first kappa shape index (κ1) is 26.5. The molecule has 202 valence electrons. The van der Waals surface area contributed by atoms with E-state index in [9.17, 15) is 4.79 Å². The third kappa shape index (κ3) is 5.70. The molecule has 0 unspecified atom stereocenters. The number of imidazole rings is 1. The minimum Gasteiger partial charge on any atom is -0.493 e. The van der Waals surface area contributed by atoms with Crippen LogP contribution in [0.2, 0.25) is 0 Å². The van der Waals surface area contributed by atoms with Gasteiger partial charge in [0, 0.05) is 23.7 Å². The minimum atomic E-state index is -0.178. The number of H-pyrrole nitrogens is 2. The average Bonchev–Trinajstić information content (AvgIpc) is 3.57. The Balaban J connectivity index is 1.46. The number of hydrogen-bond acceptors (Lipinski definition) is 4. The van der Waals surface area contributed by atoms with Gasteiger partial charge in [-0.05, 0) is 95.3 Å². The van der Waals surface area contributed by atoms with E-state index in [-0.39, 0.29) is 17.8 Å². The highest BCUT2D eigenvalue weighted by Crippen LogP contribution is 2.39. The third-order valence-electron chi connectivity index (χ3n) is 7.11. The van der Waals surface area contributed by atoms with E-state index in [2.05, 4.69) is 92.3 Å². The number of benzene rings is 3. The average molecular weight is 524 g/mol. The van der Waals surface area contributed by atoms with Gasteiger partial charge in [0.2, 0.25) is 0 Å². The van der Waals surface area contributed by atoms with Crippen LogP contribution >= 0.6 is 0 Å². The number of aromatic amines is 2. The van der Waals surface area contributed by atoms with Gasteiger partial charge in [0.15, 0.2) is 0 Å². The highest BCUT2D eigenvalue weighted by atomic mass is 16.5. The third-order valence-corrected chi connectivity index (χ3v) is 7.11. The van der Waals surface area contributed by atoms with Crippen molar-refractivity contribution in [1.29, 1.82) is 0 Å².